The van der Waals surface area contributed by atoms with Crippen molar-refractivity contribution in [3.63, 3.8) is 0 Å². The van der Waals surface area contributed by atoms with Crippen LogP contribution in [0.15, 0.2) is 34.5 Å². The van der Waals surface area contributed by atoms with E-state index < -0.39 is 5.79 Å². The average molecular weight is 322 g/mol. The molecule has 0 radical (unpaired) electrons. The van der Waals surface area contributed by atoms with Crippen LogP contribution in [0.25, 0.3) is 0 Å². The van der Waals surface area contributed by atoms with E-state index in [2.05, 4.69) is 4.98 Å². The van der Waals surface area contributed by atoms with Gasteiger partial charge in [0.15, 0.2) is 10.9 Å². The Hall–Kier alpha value is -1.08. The minimum absolute atomic E-state index is 0.0722. The number of nitrogens with two attached hydrogens (primary N) is 1. The van der Waals surface area contributed by atoms with Crippen LogP contribution in [0.2, 0.25) is 0 Å². The number of benzene rings is 1. The maximum absolute atomic E-state index is 6.11. The number of nitrogens with zero attached hydrogens (tertiary/aromatic N) is 1. The van der Waals surface area contributed by atoms with Crippen molar-refractivity contribution in [1.29, 1.82) is 0 Å². The predicted octanol–water partition coefficient (Wildman–Crippen LogP) is 3.41. The van der Waals surface area contributed by atoms with Crippen LogP contribution in [0.3, 0.4) is 0 Å². The first-order valence-electron chi connectivity index (χ1n) is 6.80. The van der Waals surface area contributed by atoms with E-state index in [1.807, 2.05) is 44.2 Å². The van der Waals surface area contributed by atoms with E-state index in [1.165, 1.54) is 11.3 Å². The average Bonchev–Trinajstić information content (AvgIpc) is 3.01. The molecule has 1 aromatic heterocycles. The number of aryl methyl sites for hydroxylation is 1. The highest BCUT2D eigenvalue weighted by Crippen LogP contribution is 2.37. The molecule has 2 atom stereocenters. The minimum atomic E-state index is -0.645. The Morgan fingerprint density at radius 1 is 1.43 bits per heavy atom. The number of ether oxygens (including phenoxy) is 2. The van der Waals surface area contributed by atoms with Crippen molar-refractivity contribution >= 4 is 28.2 Å². The predicted molar refractivity (Wildman–Crippen MR) is 86.6 cm³/mol. The van der Waals surface area contributed by atoms with Crippen molar-refractivity contribution in [2.45, 2.75) is 29.9 Å². The molecule has 1 saturated heterocycles. The van der Waals surface area contributed by atoms with Gasteiger partial charge in [-0.25, -0.2) is 4.98 Å². The molecule has 1 fully saturated rings. The summed E-state index contributed by atoms with van der Waals surface area (Å²) in [7, 11) is 0. The number of nitrogen functional groups attached to an aromatic ring is 1. The lowest BCUT2D eigenvalue weighted by Crippen LogP contribution is -2.24. The van der Waals surface area contributed by atoms with Crippen LogP contribution in [0, 0.1) is 6.92 Å². The molecule has 0 aliphatic carbocycles. The van der Waals surface area contributed by atoms with E-state index in [0.29, 0.717) is 11.7 Å². The summed E-state index contributed by atoms with van der Waals surface area (Å²) in [4.78, 5) is 4.24. The fourth-order valence-electron chi connectivity index (χ4n) is 2.32. The van der Waals surface area contributed by atoms with E-state index in [0.717, 1.165) is 21.2 Å². The van der Waals surface area contributed by atoms with Crippen LogP contribution in [0.5, 0.6) is 0 Å². The lowest BCUT2D eigenvalue weighted by atomic mass is 10.1. The highest BCUT2D eigenvalue weighted by Gasteiger charge is 2.38. The minimum Gasteiger partial charge on any atom is -0.375 e. The third kappa shape index (κ3) is 3.23. The largest absolute Gasteiger partial charge is 0.375 e. The normalized spacial score (nSPS) is 25.3. The number of rotatable bonds is 4. The van der Waals surface area contributed by atoms with Gasteiger partial charge in [0.1, 0.15) is 0 Å². The zero-order valence-corrected chi connectivity index (χ0v) is 13.7. The molecule has 0 saturated carbocycles. The lowest BCUT2D eigenvalue weighted by Gasteiger charge is -2.23. The molecule has 112 valence electrons. The molecule has 21 heavy (non-hydrogen) atoms. The molecule has 6 heteroatoms. The molecule has 2 unspecified atom stereocenters. The standard InChI is InChI=1S/C15H18N2O2S2/c1-10-13(21-14(16)17-10)20-9-12-8-18-15(2,19-12)11-6-4-3-5-7-11/h3-7,12H,8-9H2,1-2H3,(H2,16,17). The van der Waals surface area contributed by atoms with Gasteiger partial charge < -0.3 is 15.2 Å². The van der Waals surface area contributed by atoms with Gasteiger partial charge in [0.25, 0.3) is 0 Å². The maximum atomic E-state index is 6.11. The molecule has 2 aromatic rings. The molecule has 0 spiro atoms. The van der Waals surface area contributed by atoms with Crippen molar-refractivity contribution in [3.05, 3.63) is 41.6 Å². The third-order valence-corrected chi connectivity index (χ3v) is 5.89. The zero-order chi connectivity index (χ0) is 14.9. The zero-order valence-electron chi connectivity index (χ0n) is 12.0. The number of hydrogen-bond donors (Lipinski definition) is 1. The smallest absolute Gasteiger partial charge is 0.192 e. The SMILES string of the molecule is Cc1nc(N)sc1SCC1COC(C)(c2ccccc2)O1. The van der Waals surface area contributed by atoms with Crippen LogP contribution in [-0.4, -0.2) is 23.4 Å². The fourth-order valence-corrected chi connectivity index (χ4v) is 4.34. The molecule has 3 rings (SSSR count). The first kappa shape index (κ1) is 14.8. The van der Waals surface area contributed by atoms with Crippen molar-refractivity contribution in [2.75, 3.05) is 18.1 Å². The molecule has 1 aliphatic rings. The topological polar surface area (TPSA) is 57.4 Å². The summed E-state index contributed by atoms with van der Waals surface area (Å²) in [5.41, 5.74) is 7.76. The summed E-state index contributed by atoms with van der Waals surface area (Å²) < 4.78 is 13.2. The summed E-state index contributed by atoms with van der Waals surface area (Å²) in [6.45, 7) is 4.56. The van der Waals surface area contributed by atoms with Gasteiger partial charge in [0.05, 0.1) is 22.6 Å². The Labute approximate surface area is 132 Å². The van der Waals surface area contributed by atoms with Crippen LogP contribution < -0.4 is 5.73 Å². The third-order valence-electron chi connectivity index (χ3n) is 3.41. The summed E-state index contributed by atoms with van der Waals surface area (Å²) in [6.07, 6.45) is 0.0722. The molecule has 2 heterocycles. The number of hydrogen-bond acceptors (Lipinski definition) is 6. The first-order chi connectivity index (χ1) is 10.1. The number of thioether (sulfide) groups is 1. The summed E-state index contributed by atoms with van der Waals surface area (Å²) >= 11 is 3.26. The Morgan fingerprint density at radius 2 is 2.19 bits per heavy atom. The second kappa shape index (κ2) is 5.96. The van der Waals surface area contributed by atoms with Crippen LogP contribution in [0.1, 0.15) is 18.2 Å². The molecule has 0 bridgehead atoms. The molecule has 1 aromatic carbocycles. The Morgan fingerprint density at radius 3 is 2.86 bits per heavy atom. The molecule has 1 aliphatic heterocycles. The second-order valence-electron chi connectivity index (χ2n) is 5.10. The van der Waals surface area contributed by atoms with Gasteiger partial charge >= 0.3 is 0 Å². The van der Waals surface area contributed by atoms with Crippen LogP contribution in [-0.2, 0) is 15.3 Å². The second-order valence-corrected chi connectivity index (χ2v) is 7.42. The fraction of sp³-hybridized carbons (Fsp3) is 0.400. The van der Waals surface area contributed by atoms with Gasteiger partial charge in [-0.1, -0.05) is 41.7 Å². The van der Waals surface area contributed by atoms with Crippen molar-refractivity contribution in [3.8, 4) is 0 Å². The van der Waals surface area contributed by atoms with Gasteiger partial charge in [-0.15, -0.1) is 11.8 Å². The van der Waals surface area contributed by atoms with Crippen LogP contribution in [0.4, 0.5) is 5.13 Å². The Bertz CT molecular complexity index is 617. The molecule has 0 amide bonds. The van der Waals surface area contributed by atoms with Gasteiger partial charge in [0.2, 0.25) is 0 Å². The lowest BCUT2D eigenvalue weighted by molar-refractivity contribution is -0.159. The summed E-state index contributed by atoms with van der Waals surface area (Å²) in [5, 5.41) is 0.618. The molecule has 4 nitrogen and oxygen atoms in total. The van der Waals surface area contributed by atoms with E-state index >= 15 is 0 Å². The van der Waals surface area contributed by atoms with Crippen molar-refractivity contribution in [2.24, 2.45) is 0 Å². The van der Waals surface area contributed by atoms with E-state index in [-0.39, 0.29) is 6.10 Å². The molecular formula is C15H18N2O2S2. The quantitative estimate of drug-likeness (QED) is 0.874. The highest BCUT2D eigenvalue weighted by atomic mass is 32.2. The number of anilines is 1. The van der Waals surface area contributed by atoms with Crippen LogP contribution >= 0.6 is 23.1 Å². The van der Waals surface area contributed by atoms with E-state index in [9.17, 15) is 0 Å². The van der Waals surface area contributed by atoms with E-state index in [1.54, 1.807) is 11.8 Å². The Kier molecular flexibility index (Phi) is 4.21. The molecular weight excluding hydrogens is 304 g/mol. The van der Waals surface area contributed by atoms with E-state index in [4.69, 9.17) is 15.2 Å². The van der Waals surface area contributed by atoms with Gasteiger partial charge in [0, 0.05) is 11.3 Å². The summed E-state index contributed by atoms with van der Waals surface area (Å²) in [6, 6.07) is 10.1. The molecule has 2 N–H and O–H groups in total. The highest BCUT2D eigenvalue weighted by molar-refractivity contribution is 8.01. The number of aromatic nitrogens is 1. The van der Waals surface area contributed by atoms with Gasteiger partial charge in [-0.2, -0.15) is 0 Å². The summed E-state index contributed by atoms with van der Waals surface area (Å²) in [5.74, 6) is 0.194. The number of thiazole rings is 1. The van der Waals surface area contributed by atoms with Crippen molar-refractivity contribution < 1.29 is 9.47 Å². The first-order valence-corrected chi connectivity index (χ1v) is 8.60. The monoisotopic (exact) mass is 322 g/mol. The maximum Gasteiger partial charge on any atom is 0.192 e. The van der Waals surface area contributed by atoms with Gasteiger partial charge in [-0.3, -0.25) is 0 Å². The van der Waals surface area contributed by atoms with Gasteiger partial charge in [-0.05, 0) is 13.8 Å². The Balaban J connectivity index is 1.61. The van der Waals surface area contributed by atoms with Crippen molar-refractivity contribution in [1.82, 2.24) is 4.98 Å².